The van der Waals surface area contributed by atoms with Gasteiger partial charge in [0.25, 0.3) is 5.91 Å². The number of hydrogen-bond acceptors (Lipinski definition) is 7. The summed E-state index contributed by atoms with van der Waals surface area (Å²) in [6.07, 6.45) is -0.679. The molecular formula is C23H20N4O4S. The third-order valence-electron chi connectivity index (χ3n) is 4.85. The summed E-state index contributed by atoms with van der Waals surface area (Å²) in [7, 11) is 0. The molecule has 1 atom stereocenters. The molecule has 5 rings (SSSR count). The molecule has 9 heteroatoms. The molecule has 2 aromatic carbocycles. The highest BCUT2D eigenvalue weighted by molar-refractivity contribution is 7.12. The fourth-order valence-electron chi connectivity index (χ4n) is 3.27. The van der Waals surface area contributed by atoms with E-state index in [1.165, 1.54) is 11.3 Å². The minimum atomic E-state index is -0.679. The molecule has 0 radical (unpaired) electrons. The molecule has 0 saturated carbocycles. The number of aryl methyl sites for hydroxylation is 1. The Morgan fingerprint density at radius 1 is 1.16 bits per heavy atom. The largest absolute Gasteiger partial charge is 0.481 e. The first-order valence-corrected chi connectivity index (χ1v) is 10.9. The van der Waals surface area contributed by atoms with Gasteiger partial charge in [-0.2, -0.15) is 9.78 Å². The highest BCUT2D eigenvalue weighted by atomic mass is 32.1. The van der Waals surface area contributed by atoms with Crippen LogP contribution in [0.25, 0.3) is 16.4 Å². The van der Waals surface area contributed by atoms with E-state index in [-0.39, 0.29) is 12.7 Å². The lowest BCUT2D eigenvalue weighted by molar-refractivity contribution is -0.122. The number of hydrogen-bond donors (Lipinski definition) is 1. The van der Waals surface area contributed by atoms with Gasteiger partial charge in [-0.05, 0) is 44.2 Å². The summed E-state index contributed by atoms with van der Waals surface area (Å²) in [5, 5.41) is 9.98. The lowest BCUT2D eigenvalue weighted by atomic mass is 10.1. The molecule has 8 nitrogen and oxygen atoms in total. The predicted octanol–water partition coefficient (Wildman–Crippen LogP) is 4.44. The Balaban J connectivity index is 1.35. The van der Waals surface area contributed by atoms with Crippen LogP contribution in [-0.2, 0) is 4.79 Å². The van der Waals surface area contributed by atoms with Gasteiger partial charge in [-0.15, -0.1) is 11.3 Å². The SMILES string of the molecule is Cc1cc(NC(=O)[C@H](C)Oc2ccccc2)n(-c2nc(-c3ccc4c(c3)OCO4)cs2)n1. The lowest BCUT2D eigenvalue weighted by Gasteiger charge is -2.14. The van der Waals surface area contributed by atoms with Gasteiger partial charge in [0.2, 0.25) is 11.9 Å². The Bertz CT molecular complexity index is 1270. The van der Waals surface area contributed by atoms with Gasteiger partial charge in [0.15, 0.2) is 17.6 Å². The molecule has 32 heavy (non-hydrogen) atoms. The Hall–Kier alpha value is -3.85. The van der Waals surface area contributed by atoms with Crippen LogP contribution in [-0.4, -0.2) is 33.6 Å². The van der Waals surface area contributed by atoms with E-state index >= 15 is 0 Å². The van der Waals surface area contributed by atoms with Crippen LogP contribution in [0.1, 0.15) is 12.6 Å². The minimum absolute atomic E-state index is 0.225. The van der Waals surface area contributed by atoms with Crippen molar-refractivity contribution < 1.29 is 19.0 Å². The summed E-state index contributed by atoms with van der Waals surface area (Å²) >= 11 is 1.43. The van der Waals surface area contributed by atoms with Gasteiger partial charge >= 0.3 is 0 Å². The van der Waals surface area contributed by atoms with Crippen molar-refractivity contribution in [2.75, 3.05) is 12.1 Å². The van der Waals surface area contributed by atoms with Crippen LogP contribution in [0.15, 0.2) is 60.0 Å². The van der Waals surface area contributed by atoms with Gasteiger partial charge in [-0.25, -0.2) is 4.98 Å². The van der Waals surface area contributed by atoms with Crippen LogP contribution >= 0.6 is 11.3 Å². The van der Waals surface area contributed by atoms with E-state index in [2.05, 4.69) is 10.4 Å². The summed E-state index contributed by atoms with van der Waals surface area (Å²) in [5.74, 6) is 2.31. The number of aromatic nitrogens is 3. The smallest absolute Gasteiger partial charge is 0.266 e. The summed E-state index contributed by atoms with van der Waals surface area (Å²) in [6.45, 7) is 3.79. The van der Waals surface area contributed by atoms with Crippen LogP contribution in [0.2, 0.25) is 0 Å². The minimum Gasteiger partial charge on any atom is -0.481 e. The molecule has 0 bridgehead atoms. The molecule has 1 aliphatic heterocycles. The highest BCUT2D eigenvalue weighted by Gasteiger charge is 2.20. The number of benzene rings is 2. The second-order valence-corrected chi connectivity index (χ2v) is 8.07. The van der Waals surface area contributed by atoms with Crippen LogP contribution in [0.4, 0.5) is 5.82 Å². The number of ether oxygens (including phenoxy) is 3. The molecule has 0 fully saturated rings. The highest BCUT2D eigenvalue weighted by Crippen LogP contribution is 2.36. The molecule has 0 unspecified atom stereocenters. The molecule has 4 aromatic rings. The lowest BCUT2D eigenvalue weighted by Crippen LogP contribution is -2.30. The molecule has 0 spiro atoms. The summed E-state index contributed by atoms with van der Waals surface area (Å²) in [6, 6.07) is 16.7. The van der Waals surface area contributed by atoms with Crippen molar-refractivity contribution in [3.63, 3.8) is 0 Å². The number of carbonyl (C=O) groups excluding carboxylic acids is 1. The fourth-order valence-corrected chi connectivity index (χ4v) is 4.06. The van der Waals surface area contributed by atoms with Gasteiger partial charge in [-0.1, -0.05) is 18.2 Å². The molecule has 3 heterocycles. The normalized spacial score (nSPS) is 13.1. The number of carbonyl (C=O) groups is 1. The van der Waals surface area contributed by atoms with Crippen molar-refractivity contribution in [3.05, 3.63) is 65.7 Å². The maximum absolute atomic E-state index is 12.7. The van der Waals surface area contributed by atoms with Gasteiger partial charge in [0.05, 0.1) is 11.4 Å². The first kappa shape index (κ1) is 20.1. The van der Waals surface area contributed by atoms with E-state index in [9.17, 15) is 4.79 Å². The van der Waals surface area contributed by atoms with E-state index in [1.807, 2.05) is 60.8 Å². The number of fused-ring (bicyclic) bond motifs is 1. The van der Waals surface area contributed by atoms with Gasteiger partial charge < -0.3 is 19.5 Å². The van der Waals surface area contributed by atoms with Crippen molar-refractivity contribution in [1.82, 2.24) is 14.8 Å². The number of nitrogens with one attached hydrogen (secondary N) is 1. The van der Waals surface area contributed by atoms with Crippen LogP contribution in [0.3, 0.4) is 0 Å². The second-order valence-electron chi connectivity index (χ2n) is 7.23. The maximum atomic E-state index is 12.7. The average molecular weight is 449 g/mol. The zero-order valence-corrected chi connectivity index (χ0v) is 18.3. The number of para-hydroxylation sites is 1. The Kier molecular flexibility index (Phi) is 5.24. The molecule has 2 aromatic heterocycles. The van der Waals surface area contributed by atoms with Gasteiger partial charge in [0.1, 0.15) is 11.6 Å². The first-order chi connectivity index (χ1) is 15.6. The maximum Gasteiger partial charge on any atom is 0.266 e. The molecule has 1 aliphatic rings. The molecule has 1 amide bonds. The molecular weight excluding hydrogens is 428 g/mol. The molecule has 1 N–H and O–H groups in total. The Labute approximate surface area is 188 Å². The number of anilines is 1. The third kappa shape index (κ3) is 4.02. The van der Waals surface area contributed by atoms with Crippen molar-refractivity contribution in [2.45, 2.75) is 20.0 Å². The number of thiazole rings is 1. The zero-order valence-electron chi connectivity index (χ0n) is 17.4. The molecule has 162 valence electrons. The number of amides is 1. The van der Waals surface area contributed by atoms with Crippen molar-refractivity contribution in [2.24, 2.45) is 0 Å². The predicted molar refractivity (Wildman–Crippen MR) is 121 cm³/mol. The van der Waals surface area contributed by atoms with Gasteiger partial charge in [0, 0.05) is 17.0 Å². The second kappa shape index (κ2) is 8.35. The van der Waals surface area contributed by atoms with Crippen molar-refractivity contribution >= 4 is 23.1 Å². The van der Waals surface area contributed by atoms with Crippen LogP contribution < -0.4 is 19.5 Å². The number of nitrogens with zero attached hydrogens (tertiary/aromatic N) is 3. The fraction of sp³-hybridized carbons (Fsp3) is 0.174. The zero-order chi connectivity index (χ0) is 22.1. The first-order valence-electron chi connectivity index (χ1n) is 10.0. The monoisotopic (exact) mass is 448 g/mol. The quantitative estimate of drug-likeness (QED) is 0.469. The summed E-state index contributed by atoms with van der Waals surface area (Å²) in [5.41, 5.74) is 2.46. The average Bonchev–Trinajstić information content (AvgIpc) is 3.53. The van der Waals surface area contributed by atoms with Crippen molar-refractivity contribution in [1.29, 1.82) is 0 Å². The van der Waals surface area contributed by atoms with Crippen molar-refractivity contribution in [3.8, 4) is 33.6 Å². The Morgan fingerprint density at radius 3 is 2.81 bits per heavy atom. The van der Waals surface area contributed by atoms with Gasteiger partial charge in [-0.3, -0.25) is 4.79 Å². The molecule has 0 aliphatic carbocycles. The summed E-state index contributed by atoms with van der Waals surface area (Å²) < 4.78 is 18.2. The van der Waals surface area contributed by atoms with E-state index in [0.717, 1.165) is 22.7 Å². The van der Waals surface area contributed by atoms with E-state index in [0.29, 0.717) is 22.4 Å². The Morgan fingerprint density at radius 2 is 1.97 bits per heavy atom. The number of rotatable bonds is 6. The van der Waals surface area contributed by atoms with Crippen LogP contribution in [0.5, 0.6) is 17.2 Å². The summed E-state index contributed by atoms with van der Waals surface area (Å²) in [4.78, 5) is 17.4. The molecule has 0 saturated heterocycles. The standard InChI is InChI=1S/C23H20N4O4S/c1-14-10-21(25-22(28)15(2)31-17-6-4-3-5-7-17)27(26-14)23-24-18(12-32-23)16-8-9-19-20(11-16)30-13-29-19/h3-12,15H,13H2,1-2H3,(H,25,28)/t15-/m0/s1. The van der Waals surface area contributed by atoms with E-state index in [1.54, 1.807) is 17.7 Å². The van der Waals surface area contributed by atoms with E-state index < -0.39 is 6.10 Å². The van der Waals surface area contributed by atoms with Crippen LogP contribution in [0, 0.1) is 6.92 Å². The topological polar surface area (TPSA) is 87.5 Å². The van der Waals surface area contributed by atoms with E-state index in [4.69, 9.17) is 19.2 Å². The third-order valence-corrected chi connectivity index (χ3v) is 5.67.